The molecule has 2 fully saturated rings. The van der Waals surface area contributed by atoms with Gasteiger partial charge >= 0.3 is 5.97 Å². The van der Waals surface area contributed by atoms with Crippen molar-refractivity contribution in [2.75, 3.05) is 19.7 Å². The van der Waals surface area contributed by atoms with E-state index >= 15 is 0 Å². The third-order valence-electron chi connectivity index (χ3n) is 5.28. The van der Waals surface area contributed by atoms with Crippen LogP contribution < -0.4 is 0 Å². The number of aliphatic carboxylic acids is 1. The smallest absolute Gasteiger partial charge is 0.334 e. The summed E-state index contributed by atoms with van der Waals surface area (Å²) in [7, 11) is 0. The van der Waals surface area contributed by atoms with Crippen molar-refractivity contribution in [3.8, 4) is 0 Å². The van der Waals surface area contributed by atoms with Crippen LogP contribution in [0.15, 0.2) is 6.07 Å². The van der Waals surface area contributed by atoms with Crippen molar-refractivity contribution in [3.63, 3.8) is 0 Å². The SMILES string of the molecule is Cc1cc(C(=O)N2CCO[C@H](C(=O)O)C2)c(C)n1C1CCCCC1. The van der Waals surface area contributed by atoms with Crippen LogP contribution in [0, 0.1) is 13.8 Å². The van der Waals surface area contributed by atoms with Crippen LogP contribution in [-0.2, 0) is 9.53 Å². The number of aryl methyl sites for hydroxylation is 1. The van der Waals surface area contributed by atoms with Gasteiger partial charge < -0.3 is 19.3 Å². The normalized spacial score (nSPS) is 22.6. The lowest BCUT2D eigenvalue weighted by molar-refractivity contribution is -0.154. The van der Waals surface area contributed by atoms with E-state index in [1.807, 2.05) is 13.0 Å². The van der Waals surface area contributed by atoms with Crippen molar-refractivity contribution in [2.45, 2.75) is 58.1 Å². The van der Waals surface area contributed by atoms with Gasteiger partial charge in [-0.2, -0.15) is 0 Å². The third kappa shape index (κ3) is 3.20. The molecule has 1 saturated heterocycles. The molecule has 0 spiro atoms. The second-order valence-corrected chi connectivity index (χ2v) is 6.90. The number of carboxylic acids is 1. The quantitative estimate of drug-likeness (QED) is 0.922. The molecule has 0 unspecified atom stereocenters. The molecule has 24 heavy (non-hydrogen) atoms. The Morgan fingerprint density at radius 3 is 2.58 bits per heavy atom. The number of ether oxygens (including phenoxy) is 1. The van der Waals surface area contributed by atoms with E-state index in [1.165, 1.54) is 32.1 Å². The number of carboxylic acid groups (broad SMARTS) is 1. The number of morpholine rings is 1. The lowest BCUT2D eigenvalue weighted by Gasteiger charge is -2.31. The van der Waals surface area contributed by atoms with Gasteiger partial charge in [0.2, 0.25) is 0 Å². The largest absolute Gasteiger partial charge is 0.479 e. The standard InChI is InChI=1S/C18H26N2O4/c1-12-10-15(13(2)20(12)14-6-4-3-5-7-14)17(21)19-8-9-24-16(11-19)18(22)23/h10,14,16H,3-9,11H2,1-2H3,(H,22,23)/t16-/m0/s1. The summed E-state index contributed by atoms with van der Waals surface area (Å²) in [5, 5.41) is 9.11. The minimum atomic E-state index is -1.01. The highest BCUT2D eigenvalue weighted by Gasteiger charge is 2.31. The van der Waals surface area contributed by atoms with Gasteiger partial charge in [0, 0.05) is 24.0 Å². The van der Waals surface area contributed by atoms with Gasteiger partial charge in [-0.3, -0.25) is 4.79 Å². The van der Waals surface area contributed by atoms with Crippen molar-refractivity contribution in [1.29, 1.82) is 0 Å². The Morgan fingerprint density at radius 1 is 1.21 bits per heavy atom. The Labute approximate surface area is 142 Å². The summed E-state index contributed by atoms with van der Waals surface area (Å²) in [6, 6.07) is 2.44. The lowest BCUT2D eigenvalue weighted by atomic mass is 9.95. The van der Waals surface area contributed by atoms with Gasteiger partial charge in [-0.05, 0) is 32.8 Å². The molecule has 1 atom stereocenters. The van der Waals surface area contributed by atoms with Crippen LogP contribution in [0.25, 0.3) is 0 Å². The fraction of sp³-hybridized carbons (Fsp3) is 0.667. The monoisotopic (exact) mass is 334 g/mol. The first kappa shape index (κ1) is 17.0. The summed E-state index contributed by atoms with van der Waals surface area (Å²) in [5.41, 5.74) is 2.82. The zero-order valence-corrected chi connectivity index (χ0v) is 14.5. The van der Waals surface area contributed by atoms with Crippen LogP contribution in [0.3, 0.4) is 0 Å². The highest BCUT2D eigenvalue weighted by molar-refractivity contribution is 5.96. The van der Waals surface area contributed by atoms with Crippen LogP contribution >= 0.6 is 0 Å². The van der Waals surface area contributed by atoms with E-state index < -0.39 is 12.1 Å². The summed E-state index contributed by atoms with van der Waals surface area (Å²) in [4.78, 5) is 25.6. The van der Waals surface area contributed by atoms with Crippen molar-refractivity contribution in [1.82, 2.24) is 9.47 Å². The minimum absolute atomic E-state index is 0.0836. The number of rotatable bonds is 3. The van der Waals surface area contributed by atoms with Gasteiger partial charge in [-0.15, -0.1) is 0 Å². The van der Waals surface area contributed by atoms with E-state index in [-0.39, 0.29) is 19.1 Å². The molecule has 0 radical (unpaired) electrons. The summed E-state index contributed by atoms with van der Waals surface area (Å²) in [6.45, 7) is 4.88. The number of amides is 1. The molecule has 132 valence electrons. The first-order valence-corrected chi connectivity index (χ1v) is 8.81. The topological polar surface area (TPSA) is 71.8 Å². The first-order valence-electron chi connectivity index (χ1n) is 8.81. The van der Waals surface area contributed by atoms with Crippen LogP contribution in [0.4, 0.5) is 0 Å². The van der Waals surface area contributed by atoms with Crippen molar-refractivity contribution < 1.29 is 19.4 Å². The molecule has 1 aromatic rings. The van der Waals surface area contributed by atoms with E-state index in [9.17, 15) is 9.59 Å². The van der Waals surface area contributed by atoms with Crippen molar-refractivity contribution >= 4 is 11.9 Å². The maximum absolute atomic E-state index is 12.9. The van der Waals surface area contributed by atoms with Gasteiger partial charge in [0.25, 0.3) is 5.91 Å². The molecule has 0 aromatic carbocycles. The van der Waals surface area contributed by atoms with Crippen LogP contribution in [0.2, 0.25) is 0 Å². The maximum atomic E-state index is 12.9. The number of aromatic nitrogens is 1. The van der Waals surface area contributed by atoms with Crippen LogP contribution in [0.5, 0.6) is 0 Å². The molecule has 1 aliphatic carbocycles. The Bertz CT molecular complexity index is 631. The molecule has 0 bridgehead atoms. The summed E-state index contributed by atoms with van der Waals surface area (Å²) >= 11 is 0. The molecule has 1 amide bonds. The summed E-state index contributed by atoms with van der Waals surface area (Å²) < 4.78 is 7.52. The first-order chi connectivity index (χ1) is 11.5. The molecule has 3 rings (SSSR count). The maximum Gasteiger partial charge on any atom is 0.334 e. The predicted molar refractivity (Wildman–Crippen MR) is 89.3 cm³/mol. The fourth-order valence-corrected chi connectivity index (χ4v) is 4.05. The Kier molecular flexibility index (Phi) is 4.94. The zero-order chi connectivity index (χ0) is 17.3. The molecule has 1 N–H and O–H groups in total. The summed E-state index contributed by atoms with van der Waals surface area (Å²) in [5.74, 6) is -1.10. The van der Waals surface area contributed by atoms with Gasteiger partial charge in [-0.1, -0.05) is 19.3 Å². The van der Waals surface area contributed by atoms with Crippen molar-refractivity contribution in [2.24, 2.45) is 0 Å². The average Bonchev–Trinajstić information content (AvgIpc) is 2.89. The number of carbonyl (C=O) groups excluding carboxylic acids is 1. The van der Waals surface area contributed by atoms with E-state index in [4.69, 9.17) is 9.84 Å². The highest BCUT2D eigenvalue weighted by Crippen LogP contribution is 2.32. The van der Waals surface area contributed by atoms with E-state index in [1.54, 1.807) is 4.90 Å². The predicted octanol–water partition coefficient (Wildman–Crippen LogP) is 2.54. The van der Waals surface area contributed by atoms with Crippen molar-refractivity contribution in [3.05, 3.63) is 23.0 Å². The fourth-order valence-electron chi connectivity index (χ4n) is 4.05. The number of hydrogen-bond donors (Lipinski definition) is 1. The second kappa shape index (κ2) is 6.97. The zero-order valence-electron chi connectivity index (χ0n) is 14.5. The third-order valence-corrected chi connectivity index (χ3v) is 5.28. The molecule has 1 aliphatic heterocycles. The van der Waals surface area contributed by atoms with Crippen LogP contribution in [-0.4, -0.2) is 52.3 Å². The molecule has 1 aromatic heterocycles. The Balaban J connectivity index is 1.81. The molecule has 6 nitrogen and oxygen atoms in total. The van der Waals surface area contributed by atoms with E-state index in [0.29, 0.717) is 18.2 Å². The van der Waals surface area contributed by atoms with Gasteiger partial charge in [-0.25, -0.2) is 4.79 Å². The van der Waals surface area contributed by atoms with Gasteiger partial charge in [0.15, 0.2) is 6.10 Å². The molecule has 1 saturated carbocycles. The molecule has 2 heterocycles. The van der Waals surface area contributed by atoms with Crippen LogP contribution in [0.1, 0.15) is 59.9 Å². The number of hydrogen-bond acceptors (Lipinski definition) is 3. The molecule has 6 heteroatoms. The molecule has 2 aliphatic rings. The average molecular weight is 334 g/mol. The number of carbonyl (C=O) groups is 2. The number of nitrogens with zero attached hydrogens (tertiary/aromatic N) is 2. The molecular weight excluding hydrogens is 308 g/mol. The highest BCUT2D eigenvalue weighted by atomic mass is 16.5. The minimum Gasteiger partial charge on any atom is -0.479 e. The van der Waals surface area contributed by atoms with Gasteiger partial charge in [0.1, 0.15) is 0 Å². The van der Waals surface area contributed by atoms with Gasteiger partial charge in [0.05, 0.1) is 18.7 Å². The Morgan fingerprint density at radius 2 is 1.92 bits per heavy atom. The second-order valence-electron chi connectivity index (χ2n) is 6.90. The molecular formula is C18H26N2O4. The summed E-state index contributed by atoms with van der Waals surface area (Å²) in [6.07, 6.45) is 5.20. The Hall–Kier alpha value is -1.82. The lowest BCUT2D eigenvalue weighted by Crippen LogP contribution is -2.48. The van der Waals surface area contributed by atoms with E-state index in [2.05, 4.69) is 11.5 Å². The van der Waals surface area contributed by atoms with E-state index in [0.717, 1.165) is 11.4 Å².